The zero-order valence-electron chi connectivity index (χ0n) is 23.6. The summed E-state index contributed by atoms with van der Waals surface area (Å²) in [6, 6.07) is 39.6. The first kappa shape index (κ1) is 24.9. The van der Waals surface area contributed by atoms with Crippen molar-refractivity contribution in [2.45, 2.75) is 38.9 Å². The van der Waals surface area contributed by atoms with E-state index in [0.29, 0.717) is 0 Å². The van der Waals surface area contributed by atoms with Crippen molar-refractivity contribution in [2.75, 3.05) is 0 Å². The van der Waals surface area contributed by atoms with Crippen molar-refractivity contribution in [2.24, 2.45) is 0 Å². The van der Waals surface area contributed by atoms with Crippen LogP contribution in [-0.2, 0) is 9.31 Å². The molecule has 8 rings (SSSR count). The Morgan fingerprint density at radius 1 is 0.610 bits per heavy atom. The first-order valence-electron chi connectivity index (χ1n) is 14.2. The van der Waals surface area contributed by atoms with Crippen molar-refractivity contribution < 1.29 is 9.31 Å². The Bertz CT molecular complexity index is 2110. The second-order valence-corrected chi connectivity index (χ2v) is 13.1. The molecule has 1 saturated heterocycles. The number of benzene rings is 5. The molecule has 1 aliphatic rings. The molecular weight excluding hydrogens is 521 g/mol. The molecule has 0 radical (unpaired) electrons. The average molecular weight is 552 g/mol. The number of nitrogens with zero attached hydrogens (tertiary/aromatic N) is 1. The van der Waals surface area contributed by atoms with Crippen molar-refractivity contribution in [3.8, 4) is 16.8 Å². The Labute approximate surface area is 244 Å². The standard InChI is InChI=1S/C36H30BNO2S/c1-35(2)36(3,4)40-37(39-35)24-17-19-28-31(21-24)38(30-15-10-14-26(34(28)30)23-11-6-5-7-12-23)25-18-20-33-29(22-25)27-13-8-9-16-32(27)41-33/h5-22H,1-4H3. The fraction of sp³-hybridized carbons (Fsp3) is 0.167. The molecule has 2 aromatic heterocycles. The minimum atomic E-state index is -0.423. The number of hydrogen-bond acceptors (Lipinski definition) is 3. The molecule has 0 atom stereocenters. The fourth-order valence-electron chi connectivity index (χ4n) is 6.20. The topological polar surface area (TPSA) is 23.4 Å². The largest absolute Gasteiger partial charge is 0.494 e. The van der Waals surface area contributed by atoms with Gasteiger partial charge in [-0.05, 0) is 80.7 Å². The highest BCUT2D eigenvalue weighted by Crippen LogP contribution is 2.41. The summed E-state index contributed by atoms with van der Waals surface area (Å²) >= 11 is 1.85. The van der Waals surface area contributed by atoms with E-state index in [0.717, 1.165) is 16.7 Å². The zero-order valence-corrected chi connectivity index (χ0v) is 24.5. The number of fused-ring (bicyclic) bond motifs is 6. The van der Waals surface area contributed by atoms with Crippen LogP contribution >= 0.6 is 11.3 Å². The predicted octanol–water partition coefficient (Wildman–Crippen LogP) is 9.12. The lowest BCUT2D eigenvalue weighted by molar-refractivity contribution is 0.00578. The van der Waals surface area contributed by atoms with Gasteiger partial charge in [0.1, 0.15) is 0 Å². The minimum absolute atomic E-state index is 0.398. The van der Waals surface area contributed by atoms with Crippen LogP contribution in [0.15, 0.2) is 109 Å². The van der Waals surface area contributed by atoms with Crippen molar-refractivity contribution in [1.29, 1.82) is 0 Å². The second-order valence-electron chi connectivity index (χ2n) is 12.0. The average Bonchev–Trinajstić information content (AvgIpc) is 3.58. The molecule has 1 aliphatic heterocycles. The van der Waals surface area contributed by atoms with E-state index < -0.39 is 18.3 Å². The summed E-state index contributed by atoms with van der Waals surface area (Å²) in [6.07, 6.45) is 0. The Balaban J connectivity index is 1.42. The Morgan fingerprint density at radius 3 is 2.15 bits per heavy atom. The molecule has 3 heterocycles. The first-order valence-corrected chi connectivity index (χ1v) is 15.0. The Kier molecular flexibility index (Phi) is 5.34. The summed E-state index contributed by atoms with van der Waals surface area (Å²) in [5, 5.41) is 5.07. The van der Waals surface area contributed by atoms with Gasteiger partial charge in [-0.3, -0.25) is 0 Å². The van der Waals surface area contributed by atoms with Crippen LogP contribution in [0.25, 0.3) is 58.8 Å². The van der Waals surface area contributed by atoms with Crippen LogP contribution in [0.2, 0.25) is 0 Å². The van der Waals surface area contributed by atoms with Crippen molar-refractivity contribution >= 4 is 65.9 Å². The summed E-state index contributed by atoms with van der Waals surface area (Å²) < 4.78 is 18.0. The molecule has 5 aromatic carbocycles. The molecule has 0 aliphatic carbocycles. The third-order valence-corrected chi connectivity index (χ3v) is 10.2. The van der Waals surface area contributed by atoms with E-state index in [1.807, 2.05) is 11.3 Å². The molecule has 1 fully saturated rings. The lowest BCUT2D eigenvalue weighted by Gasteiger charge is -2.32. The van der Waals surface area contributed by atoms with E-state index >= 15 is 0 Å². The van der Waals surface area contributed by atoms with Crippen LogP contribution in [-0.4, -0.2) is 22.9 Å². The van der Waals surface area contributed by atoms with Crippen LogP contribution < -0.4 is 5.46 Å². The van der Waals surface area contributed by atoms with Crippen molar-refractivity contribution in [3.63, 3.8) is 0 Å². The van der Waals surface area contributed by atoms with Gasteiger partial charge in [-0.2, -0.15) is 0 Å². The molecule has 7 aromatic rings. The van der Waals surface area contributed by atoms with Gasteiger partial charge in [0, 0.05) is 36.6 Å². The number of rotatable bonds is 3. The Morgan fingerprint density at radius 2 is 1.34 bits per heavy atom. The maximum Gasteiger partial charge on any atom is 0.494 e. The van der Waals surface area contributed by atoms with E-state index in [2.05, 4.69) is 141 Å². The minimum Gasteiger partial charge on any atom is -0.399 e. The normalized spacial score (nSPS) is 16.4. The van der Waals surface area contributed by atoms with E-state index in [-0.39, 0.29) is 0 Å². The van der Waals surface area contributed by atoms with Gasteiger partial charge in [-0.25, -0.2) is 0 Å². The van der Waals surface area contributed by atoms with Crippen molar-refractivity contribution in [1.82, 2.24) is 4.57 Å². The van der Waals surface area contributed by atoms with Crippen molar-refractivity contribution in [3.05, 3.63) is 109 Å². The highest BCUT2D eigenvalue weighted by Gasteiger charge is 2.51. The third-order valence-electron chi connectivity index (χ3n) is 9.04. The molecule has 0 amide bonds. The van der Waals surface area contributed by atoms with Crippen LogP contribution in [0.3, 0.4) is 0 Å². The quantitative estimate of drug-likeness (QED) is 0.205. The summed E-state index contributed by atoms with van der Waals surface area (Å²) in [5.74, 6) is 0. The summed E-state index contributed by atoms with van der Waals surface area (Å²) in [4.78, 5) is 0. The molecule has 0 spiro atoms. The lowest BCUT2D eigenvalue weighted by atomic mass is 9.78. The van der Waals surface area contributed by atoms with E-state index in [4.69, 9.17) is 9.31 Å². The van der Waals surface area contributed by atoms with Crippen LogP contribution in [0.1, 0.15) is 27.7 Å². The van der Waals surface area contributed by atoms with Gasteiger partial charge in [-0.15, -0.1) is 11.3 Å². The second kappa shape index (κ2) is 8.80. The lowest BCUT2D eigenvalue weighted by Crippen LogP contribution is -2.41. The predicted molar refractivity (Wildman–Crippen MR) is 175 cm³/mol. The summed E-state index contributed by atoms with van der Waals surface area (Å²) in [6.45, 7) is 8.42. The third kappa shape index (κ3) is 3.73. The van der Waals surface area contributed by atoms with Crippen LogP contribution in [0, 0.1) is 0 Å². The highest BCUT2D eigenvalue weighted by atomic mass is 32.1. The molecule has 5 heteroatoms. The van der Waals surface area contributed by atoms with Gasteiger partial charge in [0.25, 0.3) is 0 Å². The van der Waals surface area contributed by atoms with Gasteiger partial charge in [0.05, 0.1) is 22.2 Å². The first-order chi connectivity index (χ1) is 19.8. The van der Waals surface area contributed by atoms with Crippen LogP contribution in [0.5, 0.6) is 0 Å². The fourth-order valence-corrected chi connectivity index (χ4v) is 7.29. The maximum atomic E-state index is 6.48. The summed E-state index contributed by atoms with van der Waals surface area (Å²) in [7, 11) is -0.423. The molecule has 200 valence electrons. The van der Waals surface area contributed by atoms with E-state index in [1.54, 1.807) is 0 Å². The molecule has 3 nitrogen and oxygen atoms in total. The molecule has 0 unspecified atom stereocenters. The SMILES string of the molecule is CC1(C)OB(c2ccc3c4c(-c5ccccc5)cccc4n(-c4ccc5sc6ccccc6c5c4)c3c2)OC1(C)C. The molecular formula is C36H30BNO2S. The van der Waals surface area contributed by atoms with E-state index in [1.165, 1.54) is 47.6 Å². The number of hydrogen-bond donors (Lipinski definition) is 0. The van der Waals surface area contributed by atoms with Gasteiger partial charge in [0.2, 0.25) is 0 Å². The zero-order chi connectivity index (χ0) is 27.9. The molecule has 0 bridgehead atoms. The van der Waals surface area contributed by atoms with Gasteiger partial charge in [-0.1, -0.05) is 72.8 Å². The Hall–Kier alpha value is -3.90. The smallest absolute Gasteiger partial charge is 0.399 e. The highest BCUT2D eigenvalue weighted by molar-refractivity contribution is 7.25. The number of thiophene rings is 1. The monoisotopic (exact) mass is 551 g/mol. The maximum absolute atomic E-state index is 6.48. The molecule has 41 heavy (non-hydrogen) atoms. The summed E-state index contributed by atoms with van der Waals surface area (Å²) in [5.41, 5.74) is 6.17. The number of aromatic nitrogens is 1. The van der Waals surface area contributed by atoms with E-state index in [9.17, 15) is 0 Å². The van der Waals surface area contributed by atoms with Gasteiger partial charge < -0.3 is 13.9 Å². The molecule has 0 saturated carbocycles. The van der Waals surface area contributed by atoms with Gasteiger partial charge in [0.15, 0.2) is 0 Å². The van der Waals surface area contributed by atoms with Crippen LogP contribution in [0.4, 0.5) is 0 Å². The van der Waals surface area contributed by atoms with Gasteiger partial charge >= 0.3 is 7.12 Å². The molecule has 0 N–H and O–H groups in total.